The van der Waals surface area contributed by atoms with E-state index in [-0.39, 0.29) is 0 Å². The highest BCUT2D eigenvalue weighted by atomic mass is 16.1. The molecule has 72 valence electrons. The van der Waals surface area contributed by atoms with Crippen LogP contribution in [-0.2, 0) is 4.79 Å². The van der Waals surface area contributed by atoms with E-state index in [1.54, 1.807) is 0 Å². The lowest BCUT2D eigenvalue weighted by Gasteiger charge is -1.87. The van der Waals surface area contributed by atoms with Gasteiger partial charge in [0.2, 0.25) is 0 Å². The zero-order valence-corrected chi connectivity index (χ0v) is 8.57. The predicted octanol–water partition coefficient (Wildman–Crippen LogP) is 3.72. The van der Waals surface area contributed by atoms with Crippen LogP contribution in [0.25, 0.3) is 0 Å². The fourth-order valence-electron chi connectivity index (χ4n) is 1.12. The van der Waals surface area contributed by atoms with Crippen LogP contribution in [0.5, 0.6) is 0 Å². The standard InChI is InChI=1S/C7H12O.C4H10/c8-7-5-3-1-2-4-6-7;1-3-4-2/h1-6H2;3-4H2,1-2H3. The van der Waals surface area contributed by atoms with Crippen molar-refractivity contribution in [2.75, 3.05) is 0 Å². The zero-order chi connectivity index (χ0) is 9.23. The van der Waals surface area contributed by atoms with E-state index in [4.69, 9.17) is 0 Å². The van der Waals surface area contributed by atoms with Crippen LogP contribution in [0.1, 0.15) is 65.2 Å². The maximum atomic E-state index is 10.7. The number of Topliss-reactive ketones (excluding diaryl/α,β-unsaturated/α-hetero) is 1. The maximum absolute atomic E-state index is 10.7. The molecular formula is C11H22O. The Labute approximate surface area is 76.6 Å². The summed E-state index contributed by atoms with van der Waals surface area (Å²) in [6, 6.07) is 0. The molecule has 1 heteroatoms. The van der Waals surface area contributed by atoms with Gasteiger partial charge < -0.3 is 0 Å². The Balaban J connectivity index is 0.000000261. The van der Waals surface area contributed by atoms with Gasteiger partial charge in [-0.25, -0.2) is 0 Å². The molecule has 0 aromatic rings. The van der Waals surface area contributed by atoms with E-state index in [2.05, 4.69) is 13.8 Å². The molecule has 1 aliphatic carbocycles. The second-order valence-corrected chi connectivity index (χ2v) is 3.45. The molecule has 0 aliphatic heterocycles. The largest absolute Gasteiger partial charge is 0.300 e. The minimum atomic E-state index is 0.475. The number of hydrogen-bond donors (Lipinski definition) is 0. The second kappa shape index (κ2) is 8.76. The number of carbonyl (C=O) groups is 1. The fraction of sp³-hybridized carbons (Fsp3) is 0.909. The van der Waals surface area contributed by atoms with Gasteiger partial charge in [0.1, 0.15) is 5.78 Å². The van der Waals surface area contributed by atoms with Crippen LogP contribution in [0.2, 0.25) is 0 Å². The highest BCUT2D eigenvalue weighted by Gasteiger charge is 2.04. The SMILES string of the molecule is CCCC.O=C1CCCCCC1. The van der Waals surface area contributed by atoms with Crippen molar-refractivity contribution in [3.8, 4) is 0 Å². The summed E-state index contributed by atoms with van der Waals surface area (Å²) in [5.41, 5.74) is 0. The number of hydrogen-bond acceptors (Lipinski definition) is 1. The van der Waals surface area contributed by atoms with Crippen LogP contribution in [0.4, 0.5) is 0 Å². The smallest absolute Gasteiger partial charge is 0.132 e. The van der Waals surface area contributed by atoms with Gasteiger partial charge >= 0.3 is 0 Å². The van der Waals surface area contributed by atoms with Crippen LogP contribution in [0.3, 0.4) is 0 Å². The molecule has 1 rings (SSSR count). The Morgan fingerprint density at radius 1 is 0.917 bits per heavy atom. The minimum Gasteiger partial charge on any atom is -0.300 e. The quantitative estimate of drug-likeness (QED) is 0.548. The first-order chi connectivity index (χ1) is 5.81. The Morgan fingerprint density at radius 3 is 1.67 bits per heavy atom. The molecule has 0 atom stereocenters. The lowest BCUT2D eigenvalue weighted by molar-refractivity contribution is -0.118. The van der Waals surface area contributed by atoms with E-state index < -0.39 is 0 Å². The van der Waals surface area contributed by atoms with Crippen LogP contribution >= 0.6 is 0 Å². The van der Waals surface area contributed by atoms with Crippen LogP contribution in [0.15, 0.2) is 0 Å². The lowest BCUT2D eigenvalue weighted by Crippen LogP contribution is -1.91. The lowest BCUT2D eigenvalue weighted by atomic mass is 10.2. The first kappa shape index (κ1) is 11.7. The summed E-state index contributed by atoms with van der Waals surface area (Å²) < 4.78 is 0. The van der Waals surface area contributed by atoms with E-state index in [0.29, 0.717) is 5.78 Å². The molecule has 0 saturated heterocycles. The number of unbranched alkanes of at least 4 members (excludes halogenated alkanes) is 1. The Morgan fingerprint density at radius 2 is 1.33 bits per heavy atom. The van der Waals surface area contributed by atoms with Gasteiger partial charge in [0.25, 0.3) is 0 Å². The Kier molecular flexibility index (Phi) is 8.52. The van der Waals surface area contributed by atoms with E-state index >= 15 is 0 Å². The van der Waals surface area contributed by atoms with Crippen molar-refractivity contribution in [2.24, 2.45) is 0 Å². The third-order valence-electron chi connectivity index (χ3n) is 2.16. The van der Waals surface area contributed by atoms with Gasteiger partial charge in [-0.2, -0.15) is 0 Å². The van der Waals surface area contributed by atoms with Crippen LogP contribution < -0.4 is 0 Å². The highest BCUT2D eigenvalue weighted by molar-refractivity contribution is 5.78. The predicted molar refractivity (Wildman–Crippen MR) is 53.3 cm³/mol. The summed E-state index contributed by atoms with van der Waals surface area (Å²) in [6.45, 7) is 4.36. The normalized spacial score (nSPS) is 17.7. The third kappa shape index (κ3) is 7.77. The second-order valence-electron chi connectivity index (χ2n) is 3.45. The van der Waals surface area contributed by atoms with Crippen molar-refractivity contribution in [1.29, 1.82) is 0 Å². The molecule has 0 N–H and O–H groups in total. The molecule has 1 saturated carbocycles. The summed E-state index contributed by atoms with van der Waals surface area (Å²) in [5, 5.41) is 0. The molecular weight excluding hydrogens is 148 g/mol. The Bertz CT molecular complexity index is 95.6. The molecule has 0 spiro atoms. The van der Waals surface area contributed by atoms with Crippen molar-refractivity contribution in [3.63, 3.8) is 0 Å². The van der Waals surface area contributed by atoms with Gasteiger partial charge in [-0.05, 0) is 12.8 Å². The monoisotopic (exact) mass is 170 g/mol. The van der Waals surface area contributed by atoms with E-state index in [1.807, 2.05) is 0 Å². The number of ketones is 1. The van der Waals surface area contributed by atoms with Gasteiger partial charge in [0.15, 0.2) is 0 Å². The fourth-order valence-corrected chi connectivity index (χ4v) is 1.12. The minimum absolute atomic E-state index is 0.475. The molecule has 0 radical (unpaired) electrons. The first-order valence-electron chi connectivity index (χ1n) is 5.33. The molecule has 1 fully saturated rings. The average Bonchev–Trinajstić information content (AvgIpc) is 2.33. The van der Waals surface area contributed by atoms with Gasteiger partial charge in [-0.1, -0.05) is 39.5 Å². The molecule has 1 nitrogen and oxygen atoms in total. The average molecular weight is 170 g/mol. The van der Waals surface area contributed by atoms with Crippen LogP contribution in [0, 0.1) is 0 Å². The van der Waals surface area contributed by atoms with Gasteiger partial charge in [-0.15, -0.1) is 0 Å². The van der Waals surface area contributed by atoms with E-state index in [9.17, 15) is 4.79 Å². The Hall–Kier alpha value is -0.330. The molecule has 0 heterocycles. The van der Waals surface area contributed by atoms with E-state index in [1.165, 1.54) is 25.7 Å². The van der Waals surface area contributed by atoms with Gasteiger partial charge in [-0.3, -0.25) is 4.79 Å². The first-order valence-corrected chi connectivity index (χ1v) is 5.33. The van der Waals surface area contributed by atoms with Gasteiger partial charge in [0.05, 0.1) is 0 Å². The molecule has 0 aromatic heterocycles. The van der Waals surface area contributed by atoms with Crippen LogP contribution in [-0.4, -0.2) is 5.78 Å². The van der Waals surface area contributed by atoms with Gasteiger partial charge in [0, 0.05) is 12.8 Å². The number of rotatable bonds is 1. The molecule has 0 bridgehead atoms. The van der Waals surface area contributed by atoms with Crippen molar-refractivity contribution >= 4 is 5.78 Å². The summed E-state index contributed by atoms with van der Waals surface area (Å²) in [7, 11) is 0. The third-order valence-corrected chi connectivity index (χ3v) is 2.16. The topological polar surface area (TPSA) is 17.1 Å². The molecule has 0 aromatic carbocycles. The molecule has 12 heavy (non-hydrogen) atoms. The summed E-state index contributed by atoms with van der Waals surface area (Å²) >= 11 is 0. The number of carbonyl (C=O) groups excluding carboxylic acids is 1. The van der Waals surface area contributed by atoms with Crippen molar-refractivity contribution in [1.82, 2.24) is 0 Å². The maximum Gasteiger partial charge on any atom is 0.132 e. The highest BCUT2D eigenvalue weighted by Crippen LogP contribution is 2.12. The van der Waals surface area contributed by atoms with E-state index in [0.717, 1.165) is 25.7 Å². The van der Waals surface area contributed by atoms with Crippen molar-refractivity contribution in [3.05, 3.63) is 0 Å². The summed E-state index contributed by atoms with van der Waals surface area (Å²) in [6.07, 6.45) is 9.15. The van der Waals surface area contributed by atoms with Crippen molar-refractivity contribution in [2.45, 2.75) is 65.2 Å². The molecule has 1 aliphatic rings. The molecule has 0 unspecified atom stereocenters. The van der Waals surface area contributed by atoms with Crippen molar-refractivity contribution < 1.29 is 4.79 Å². The molecule has 0 amide bonds. The summed E-state index contributed by atoms with van der Waals surface area (Å²) in [4.78, 5) is 10.7. The summed E-state index contributed by atoms with van der Waals surface area (Å²) in [5.74, 6) is 0.475. The zero-order valence-electron chi connectivity index (χ0n) is 8.57.